The molecule has 0 bridgehead atoms. The lowest BCUT2D eigenvalue weighted by Gasteiger charge is -2.11. The molecule has 9 heteroatoms. The number of nitro groups is 1. The summed E-state index contributed by atoms with van der Waals surface area (Å²) in [4.78, 5) is 10.3. The largest absolute Gasteiger partial charge is 0.487 e. The fourth-order valence-corrected chi connectivity index (χ4v) is 1.92. The third kappa shape index (κ3) is 4.59. The summed E-state index contributed by atoms with van der Waals surface area (Å²) in [5.74, 6) is -1.72. The van der Waals surface area contributed by atoms with E-state index in [-0.39, 0.29) is 23.8 Å². The Morgan fingerprint density at radius 3 is 2.40 bits per heavy atom. The maximum atomic E-state index is 13.8. The van der Waals surface area contributed by atoms with E-state index in [1.807, 2.05) is 6.92 Å². The lowest BCUT2D eigenvalue weighted by molar-refractivity contribution is -0.385. The Hall–Kier alpha value is -2.84. The van der Waals surface area contributed by atoms with Crippen LogP contribution in [0.3, 0.4) is 0 Å². The molecule has 0 atom stereocenters. The predicted molar refractivity (Wildman–Crippen MR) is 80.4 cm³/mol. The van der Waals surface area contributed by atoms with Gasteiger partial charge in [0.25, 0.3) is 0 Å². The molecular weight excluding hydrogens is 346 g/mol. The van der Waals surface area contributed by atoms with Crippen LogP contribution in [0.15, 0.2) is 36.4 Å². The summed E-state index contributed by atoms with van der Waals surface area (Å²) in [6.07, 6.45) is -4.07. The second kappa shape index (κ2) is 7.37. The highest BCUT2D eigenvalue weighted by Gasteiger charge is 2.31. The highest BCUT2D eigenvalue weighted by atomic mass is 19.4. The van der Waals surface area contributed by atoms with Crippen LogP contribution >= 0.6 is 0 Å². The molecule has 134 valence electrons. The Morgan fingerprint density at radius 2 is 1.84 bits per heavy atom. The van der Waals surface area contributed by atoms with Crippen molar-refractivity contribution >= 4 is 5.69 Å². The van der Waals surface area contributed by atoms with Crippen molar-refractivity contribution in [1.82, 2.24) is 0 Å². The molecule has 0 N–H and O–H groups in total. The van der Waals surface area contributed by atoms with Crippen LogP contribution in [0.25, 0.3) is 0 Å². The molecule has 5 nitrogen and oxygen atoms in total. The number of ether oxygens (including phenoxy) is 2. The summed E-state index contributed by atoms with van der Waals surface area (Å²) in [5, 5.41) is 11.0. The fraction of sp³-hybridized carbons (Fsp3) is 0.250. The van der Waals surface area contributed by atoms with E-state index in [2.05, 4.69) is 0 Å². The van der Waals surface area contributed by atoms with Crippen LogP contribution in [0.1, 0.15) is 18.9 Å². The SMILES string of the molecule is CCCOc1cc(Oc2ccc(C(F)(F)F)cc2F)ccc1[N+](=O)[O-]. The molecule has 0 fully saturated rings. The van der Waals surface area contributed by atoms with Crippen LogP contribution in [0.4, 0.5) is 23.2 Å². The first kappa shape index (κ1) is 18.5. The van der Waals surface area contributed by atoms with Gasteiger partial charge in [-0.2, -0.15) is 13.2 Å². The van der Waals surface area contributed by atoms with Gasteiger partial charge in [0.05, 0.1) is 17.1 Å². The summed E-state index contributed by atoms with van der Waals surface area (Å²) in [6.45, 7) is 2.03. The molecule has 0 amide bonds. The molecule has 2 aromatic carbocycles. The van der Waals surface area contributed by atoms with Crippen molar-refractivity contribution in [3.63, 3.8) is 0 Å². The highest BCUT2D eigenvalue weighted by Crippen LogP contribution is 2.36. The van der Waals surface area contributed by atoms with Crippen LogP contribution in [-0.2, 0) is 6.18 Å². The zero-order chi connectivity index (χ0) is 18.6. The van der Waals surface area contributed by atoms with E-state index in [1.54, 1.807) is 0 Å². The second-order valence-electron chi connectivity index (χ2n) is 4.98. The van der Waals surface area contributed by atoms with Gasteiger partial charge < -0.3 is 9.47 Å². The van der Waals surface area contributed by atoms with Crippen LogP contribution in [0.2, 0.25) is 0 Å². The average molecular weight is 359 g/mol. The molecule has 2 aromatic rings. The minimum absolute atomic E-state index is 0.00429. The van der Waals surface area contributed by atoms with Crippen molar-refractivity contribution in [2.24, 2.45) is 0 Å². The number of hydrogen-bond acceptors (Lipinski definition) is 4. The topological polar surface area (TPSA) is 61.6 Å². The lowest BCUT2D eigenvalue weighted by Crippen LogP contribution is -2.05. The number of nitro benzene ring substituents is 1. The molecule has 0 aliphatic carbocycles. The zero-order valence-corrected chi connectivity index (χ0v) is 13.0. The smallest absolute Gasteiger partial charge is 0.416 e. The van der Waals surface area contributed by atoms with E-state index in [0.29, 0.717) is 18.6 Å². The maximum Gasteiger partial charge on any atom is 0.416 e. The van der Waals surface area contributed by atoms with Gasteiger partial charge in [-0.1, -0.05) is 6.92 Å². The molecule has 0 aliphatic rings. The summed E-state index contributed by atoms with van der Waals surface area (Å²) < 4.78 is 61.8. The number of halogens is 4. The molecule has 0 spiro atoms. The maximum absolute atomic E-state index is 13.8. The van der Waals surface area contributed by atoms with Crippen molar-refractivity contribution in [3.05, 3.63) is 57.9 Å². The molecule has 0 aromatic heterocycles. The molecule has 0 saturated carbocycles. The molecule has 0 heterocycles. The molecule has 25 heavy (non-hydrogen) atoms. The highest BCUT2D eigenvalue weighted by molar-refractivity contribution is 5.51. The van der Waals surface area contributed by atoms with Crippen molar-refractivity contribution in [2.75, 3.05) is 6.61 Å². The minimum atomic E-state index is -4.67. The lowest BCUT2D eigenvalue weighted by atomic mass is 10.2. The number of benzene rings is 2. The fourth-order valence-electron chi connectivity index (χ4n) is 1.92. The van der Waals surface area contributed by atoms with E-state index in [1.165, 1.54) is 12.1 Å². The summed E-state index contributed by atoms with van der Waals surface area (Å²) in [6, 6.07) is 5.33. The number of hydrogen-bond donors (Lipinski definition) is 0. The Morgan fingerprint density at radius 1 is 1.12 bits per heavy atom. The van der Waals surface area contributed by atoms with Gasteiger partial charge in [0, 0.05) is 12.1 Å². The monoisotopic (exact) mass is 359 g/mol. The van der Waals surface area contributed by atoms with E-state index >= 15 is 0 Å². The Bertz CT molecular complexity index is 777. The van der Waals surface area contributed by atoms with Gasteiger partial charge in [-0.3, -0.25) is 10.1 Å². The van der Waals surface area contributed by atoms with Crippen molar-refractivity contribution in [1.29, 1.82) is 0 Å². The van der Waals surface area contributed by atoms with Crippen molar-refractivity contribution in [3.8, 4) is 17.2 Å². The first-order chi connectivity index (χ1) is 11.7. The molecule has 0 radical (unpaired) electrons. The van der Waals surface area contributed by atoms with Gasteiger partial charge in [-0.05, 0) is 30.7 Å². The van der Waals surface area contributed by atoms with Crippen LogP contribution in [0, 0.1) is 15.9 Å². The normalized spacial score (nSPS) is 11.2. The van der Waals surface area contributed by atoms with Crippen LogP contribution in [0.5, 0.6) is 17.2 Å². The standard InChI is InChI=1S/C16H13F4NO4/c1-2-7-24-15-9-11(4-5-13(15)21(22)23)25-14-6-3-10(8-12(14)17)16(18,19)20/h3-6,8-9H,2,7H2,1H3. The molecule has 2 rings (SSSR count). The van der Waals surface area contributed by atoms with Gasteiger partial charge >= 0.3 is 11.9 Å². The molecule has 0 saturated heterocycles. The molecular formula is C16H13F4NO4. The third-order valence-corrected chi connectivity index (χ3v) is 3.08. The number of nitrogens with zero attached hydrogens (tertiary/aromatic N) is 1. The Kier molecular flexibility index (Phi) is 5.45. The average Bonchev–Trinajstić information content (AvgIpc) is 2.53. The summed E-state index contributed by atoms with van der Waals surface area (Å²) in [5.41, 5.74) is -1.44. The minimum Gasteiger partial charge on any atom is -0.487 e. The predicted octanol–water partition coefficient (Wildman–Crippen LogP) is 5.33. The van der Waals surface area contributed by atoms with Crippen LogP contribution < -0.4 is 9.47 Å². The van der Waals surface area contributed by atoms with Crippen LogP contribution in [-0.4, -0.2) is 11.5 Å². The summed E-state index contributed by atoms with van der Waals surface area (Å²) >= 11 is 0. The first-order valence-electron chi connectivity index (χ1n) is 7.18. The van der Waals surface area contributed by atoms with Crippen molar-refractivity contribution < 1.29 is 32.0 Å². The first-order valence-corrected chi connectivity index (χ1v) is 7.18. The summed E-state index contributed by atoms with van der Waals surface area (Å²) in [7, 11) is 0. The van der Waals surface area contributed by atoms with E-state index in [4.69, 9.17) is 9.47 Å². The van der Waals surface area contributed by atoms with E-state index in [0.717, 1.165) is 12.1 Å². The number of rotatable bonds is 6. The van der Waals surface area contributed by atoms with Crippen molar-refractivity contribution in [2.45, 2.75) is 19.5 Å². The Labute approximate surface area is 139 Å². The zero-order valence-electron chi connectivity index (χ0n) is 13.0. The number of alkyl halides is 3. The van der Waals surface area contributed by atoms with E-state index < -0.39 is 28.2 Å². The Balaban J connectivity index is 2.29. The van der Waals surface area contributed by atoms with E-state index in [9.17, 15) is 27.7 Å². The molecule has 0 aliphatic heterocycles. The third-order valence-electron chi connectivity index (χ3n) is 3.08. The van der Waals surface area contributed by atoms with Gasteiger partial charge in [0.1, 0.15) is 5.75 Å². The quantitative estimate of drug-likeness (QED) is 0.397. The van der Waals surface area contributed by atoms with Gasteiger partial charge in [-0.25, -0.2) is 4.39 Å². The molecule has 0 unspecified atom stereocenters. The van der Waals surface area contributed by atoms with Gasteiger partial charge in [0.15, 0.2) is 11.6 Å². The van der Waals surface area contributed by atoms with Gasteiger partial charge in [0.2, 0.25) is 5.75 Å². The van der Waals surface area contributed by atoms with Gasteiger partial charge in [-0.15, -0.1) is 0 Å². The second-order valence-corrected chi connectivity index (χ2v) is 4.98.